The Hall–Kier alpha value is -10.1. The first-order valence-electron chi connectivity index (χ1n) is 41.4. The van der Waals surface area contributed by atoms with Crippen molar-refractivity contribution in [3.63, 3.8) is 0 Å². The van der Waals surface area contributed by atoms with Gasteiger partial charge < -0.3 is 69.5 Å². The Morgan fingerprint density at radius 3 is 1.18 bits per heavy atom. The second-order valence-electron chi connectivity index (χ2n) is 30.0. The van der Waals surface area contributed by atoms with Gasteiger partial charge in [0.1, 0.15) is 36.0 Å². The third-order valence-electron chi connectivity index (χ3n) is 19.7. The maximum absolute atomic E-state index is 14.0. The number of halogens is 10. The van der Waals surface area contributed by atoms with E-state index < -0.39 is 176 Å². The standard InChI is InChI=1S/C20H21F3N2O3.C20H28F2N2O3.C19H20BrF2N3O3.C15H20F2N2O2.C14H26N2O4S/c21-14-9-7-13(8-10-14)20(27)25-17(6-1-2-11-24)18(26)12-28-19-15(22)4-3-5-16(19)23;1-13-9-10-15(21)19(18(13)22)27-12-17(25)16(8-4-5-11-23)24-20(26)14-6-2-3-7-14;20-18-12(5-4-10-24-18)19(27)25-15(8-1-2-9-23)16(26)11-28-17-13(21)6-3-7-14(17)22;1-15(16,17)13(20)12(9-5-6-10-18)19-14(21)11-7-3-2-4-8-11;1-21(19,20)10-13(17)12(8-4-5-9-15)16-14(18)11-6-2-3-7-11/h3-5,7-10,17H,1-2,6,11-12,24H2,(H,25,27);9-10,14,16H,2-8,11-12,23H2,1H3,(H,24,26);3-7,10,15H,1-2,8-9,11,23H2,(H,25,27);2-4,7-8,12H,5-6,9-10,18H2,1H3,(H,19,21);11-12H,2-10,15H2,1H3,(H,16,18)/t17-;16-;15-;;12-/m010.0/s1. The fraction of sp³-hybridized carbons (Fsp3) is 0.489. The van der Waals surface area contributed by atoms with E-state index in [1.54, 1.807) is 42.5 Å². The van der Waals surface area contributed by atoms with Crippen LogP contribution in [0.1, 0.15) is 191 Å². The van der Waals surface area contributed by atoms with Gasteiger partial charge in [0.25, 0.3) is 17.7 Å². The maximum Gasteiger partial charge on any atom is 0.304 e. The molecule has 6 aromatic rings. The van der Waals surface area contributed by atoms with Gasteiger partial charge in [-0.2, -0.15) is 8.78 Å². The lowest BCUT2D eigenvalue weighted by Crippen LogP contribution is -2.47. The van der Waals surface area contributed by atoms with Gasteiger partial charge in [-0.3, -0.25) is 47.9 Å². The van der Waals surface area contributed by atoms with E-state index in [9.17, 15) is 95.9 Å². The van der Waals surface area contributed by atoms with Crippen LogP contribution >= 0.6 is 15.9 Å². The minimum atomic E-state index is -3.47. The molecule has 8 rings (SSSR count). The molecular weight excluding hydrogens is 1730 g/mol. The number of nitrogens with one attached hydrogen (secondary N) is 5. The molecule has 1 unspecified atom stereocenters. The van der Waals surface area contributed by atoms with Crippen molar-refractivity contribution in [2.75, 3.05) is 64.6 Å². The molecule has 125 heavy (non-hydrogen) atoms. The van der Waals surface area contributed by atoms with E-state index in [-0.39, 0.29) is 53.2 Å². The molecular formula is C88H115BrF9N11O15S. The lowest BCUT2D eigenvalue weighted by atomic mass is 10.0. The second kappa shape index (κ2) is 57.5. The van der Waals surface area contributed by atoms with Gasteiger partial charge in [0.2, 0.25) is 17.6 Å². The molecule has 2 fully saturated rings. The number of ether oxygens (including phenoxy) is 3. The molecule has 0 radical (unpaired) electrons. The predicted octanol–water partition coefficient (Wildman–Crippen LogP) is 11.5. The van der Waals surface area contributed by atoms with Gasteiger partial charge >= 0.3 is 5.92 Å². The number of aryl methyl sites for hydroxylation is 1. The topological polar surface area (TPSA) is 436 Å². The number of aromatic nitrogens is 1. The highest BCUT2D eigenvalue weighted by atomic mass is 79.9. The van der Waals surface area contributed by atoms with Crippen LogP contribution in [0.25, 0.3) is 0 Å². The van der Waals surface area contributed by atoms with Crippen molar-refractivity contribution in [1.82, 2.24) is 31.6 Å². The summed E-state index contributed by atoms with van der Waals surface area (Å²) in [5.41, 5.74) is 28.2. The van der Waals surface area contributed by atoms with Crippen LogP contribution in [0.4, 0.5) is 39.5 Å². The number of benzene rings is 5. The number of carbonyl (C=O) groups is 10. The van der Waals surface area contributed by atoms with Crippen molar-refractivity contribution in [3.8, 4) is 17.2 Å². The van der Waals surface area contributed by atoms with Gasteiger partial charge in [-0.05, 0) is 262 Å². The molecule has 2 saturated carbocycles. The number of carbonyl (C=O) groups excluding carboxylic acids is 10. The zero-order valence-corrected chi connectivity index (χ0v) is 72.8. The third-order valence-corrected chi connectivity index (χ3v) is 21.2. The molecule has 0 spiro atoms. The van der Waals surface area contributed by atoms with Gasteiger partial charge in [0.05, 0.1) is 35.8 Å². The molecule has 5 amide bonds. The molecule has 0 bridgehead atoms. The first kappa shape index (κ1) is 107. The summed E-state index contributed by atoms with van der Waals surface area (Å²) < 4.78 is 160. The number of nitrogens with zero attached hydrogens (tertiary/aromatic N) is 1. The summed E-state index contributed by atoms with van der Waals surface area (Å²) in [4.78, 5) is 127. The molecule has 2 aliphatic carbocycles. The van der Waals surface area contributed by atoms with E-state index in [4.69, 9.17) is 42.9 Å². The Morgan fingerprint density at radius 1 is 0.440 bits per heavy atom. The second-order valence-corrected chi connectivity index (χ2v) is 32.9. The molecule has 0 aliphatic heterocycles. The molecule has 688 valence electrons. The number of sulfone groups is 1. The van der Waals surface area contributed by atoms with Crippen molar-refractivity contribution < 1.29 is 110 Å². The SMILES string of the molecule is CC(F)(F)C(=O)C(CCCCN)NC(=O)c1ccccc1.CS(=O)(=O)CC(=O)[C@H](CCCCN)NC(=O)C1CCCC1.Cc1ccc(F)c(OCC(=O)[C@@H](CCCCN)NC(=O)C2CCCC2)c1F.NCCCC[C@H](NC(=O)c1ccc(F)cc1)C(=O)COc1c(F)cccc1F.NCCCC[C@H](NC(=O)c1cccnc1Br)C(=O)COc1c(F)cccc1F. The normalized spacial score (nSPS) is 13.7. The number of amides is 5. The minimum Gasteiger partial charge on any atom is -0.480 e. The summed E-state index contributed by atoms with van der Waals surface area (Å²) in [6.45, 7) is 2.61. The fourth-order valence-electron chi connectivity index (χ4n) is 12.8. The summed E-state index contributed by atoms with van der Waals surface area (Å²) in [5, 5.41) is 13.1. The van der Waals surface area contributed by atoms with Gasteiger partial charge in [0.15, 0.2) is 85.1 Å². The summed E-state index contributed by atoms with van der Waals surface area (Å²) >= 11 is 3.18. The Kier molecular flexibility index (Phi) is 49.4. The van der Waals surface area contributed by atoms with Crippen LogP contribution in [-0.2, 0) is 43.4 Å². The quantitative estimate of drug-likeness (QED) is 0.00963. The first-order valence-corrected chi connectivity index (χ1v) is 44.2. The van der Waals surface area contributed by atoms with E-state index in [0.717, 1.165) is 113 Å². The van der Waals surface area contributed by atoms with Crippen LogP contribution in [0.5, 0.6) is 17.2 Å². The van der Waals surface area contributed by atoms with Crippen LogP contribution in [0.3, 0.4) is 0 Å². The number of rotatable bonds is 47. The number of unbranched alkanes of at least 4 members (excludes halogenated alkanes) is 5. The van der Waals surface area contributed by atoms with Crippen molar-refractivity contribution in [3.05, 3.63) is 189 Å². The van der Waals surface area contributed by atoms with Crippen molar-refractivity contribution in [1.29, 1.82) is 0 Å². The highest BCUT2D eigenvalue weighted by Crippen LogP contribution is 2.29. The van der Waals surface area contributed by atoms with E-state index in [1.165, 1.54) is 43.5 Å². The maximum atomic E-state index is 14.0. The molecule has 37 heteroatoms. The van der Waals surface area contributed by atoms with Crippen LogP contribution in [-0.4, -0.2) is 173 Å². The molecule has 1 heterocycles. The lowest BCUT2D eigenvalue weighted by molar-refractivity contribution is -0.142. The highest BCUT2D eigenvalue weighted by Gasteiger charge is 2.39. The number of hydrogen-bond acceptors (Lipinski definition) is 21. The Labute approximate surface area is 731 Å². The van der Waals surface area contributed by atoms with Crippen LogP contribution in [0.15, 0.2) is 126 Å². The average molecular weight is 1850 g/mol. The Balaban J connectivity index is 0.000000330. The van der Waals surface area contributed by atoms with Gasteiger partial charge in [-0.25, -0.2) is 44.1 Å². The smallest absolute Gasteiger partial charge is 0.304 e. The van der Waals surface area contributed by atoms with Gasteiger partial charge in [-0.15, -0.1) is 0 Å². The molecule has 0 saturated heterocycles. The van der Waals surface area contributed by atoms with Crippen LogP contribution in [0.2, 0.25) is 0 Å². The van der Waals surface area contributed by atoms with Gasteiger partial charge in [-0.1, -0.05) is 62.1 Å². The summed E-state index contributed by atoms with van der Waals surface area (Å²) in [6, 6.07) is 20.5. The number of pyridine rings is 1. The predicted molar refractivity (Wildman–Crippen MR) is 457 cm³/mol. The van der Waals surface area contributed by atoms with Crippen molar-refractivity contribution >= 4 is 84.2 Å². The number of Topliss-reactive ketones (excluding diaryl/α,β-unsaturated/α-hetero) is 5. The van der Waals surface area contributed by atoms with Crippen molar-refractivity contribution in [2.45, 2.75) is 198 Å². The van der Waals surface area contributed by atoms with Crippen LogP contribution < -0.4 is 69.5 Å². The number of ketones is 5. The lowest BCUT2D eigenvalue weighted by Gasteiger charge is -2.20. The van der Waals surface area contributed by atoms with E-state index in [2.05, 4.69) is 47.5 Å². The molecule has 5 atom stereocenters. The Bertz CT molecular complexity index is 4500. The zero-order valence-electron chi connectivity index (χ0n) is 70.4. The largest absolute Gasteiger partial charge is 0.480 e. The summed E-state index contributed by atoms with van der Waals surface area (Å²) in [6.07, 6.45) is 18.0. The fourth-order valence-corrected chi connectivity index (χ4v) is 14.0. The zero-order chi connectivity index (χ0) is 92.6. The number of hydrogen-bond donors (Lipinski definition) is 10. The van der Waals surface area contributed by atoms with Crippen molar-refractivity contribution in [2.24, 2.45) is 40.5 Å². The first-order chi connectivity index (χ1) is 59.5. The molecule has 5 aromatic carbocycles. The molecule has 15 N–H and O–H groups in total. The molecule has 1 aromatic heterocycles. The van der Waals surface area contributed by atoms with E-state index >= 15 is 0 Å². The highest BCUT2D eigenvalue weighted by molar-refractivity contribution is 9.10. The molecule has 2 aliphatic rings. The number of alkyl halides is 2. The minimum absolute atomic E-state index is 0.0342. The van der Waals surface area contributed by atoms with Crippen LogP contribution in [0, 0.1) is 59.5 Å². The molecule has 26 nitrogen and oxygen atoms in total. The summed E-state index contributed by atoms with van der Waals surface area (Å²) in [5.74, 6) is -16.8. The monoisotopic (exact) mass is 1850 g/mol. The van der Waals surface area contributed by atoms with E-state index in [0.29, 0.717) is 120 Å². The number of para-hydroxylation sites is 2. The summed E-state index contributed by atoms with van der Waals surface area (Å²) in [7, 11) is -3.38. The average Bonchev–Trinajstić information content (AvgIpc) is 1.12. The van der Waals surface area contributed by atoms with E-state index in [1.807, 2.05) is 0 Å². The van der Waals surface area contributed by atoms with Gasteiger partial charge in [0, 0.05) is 42.3 Å². The number of nitrogens with two attached hydrogens (primary N) is 5. The third kappa shape index (κ3) is 40.0. The Morgan fingerprint density at radius 2 is 0.792 bits per heavy atom.